The number of para-hydroxylation sites is 1. The second-order valence-corrected chi connectivity index (χ2v) is 8.50. The highest BCUT2D eigenvalue weighted by molar-refractivity contribution is 7.92. The Balaban J connectivity index is 1.87. The molecule has 0 aromatic heterocycles. The maximum atomic E-state index is 13.9. The number of amides is 1. The van der Waals surface area contributed by atoms with Crippen LogP contribution in [0.3, 0.4) is 0 Å². The summed E-state index contributed by atoms with van der Waals surface area (Å²) < 4.78 is 47.2. The predicted molar refractivity (Wildman–Crippen MR) is 114 cm³/mol. The van der Waals surface area contributed by atoms with Crippen LogP contribution in [0.25, 0.3) is 0 Å². The summed E-state index contributed by atoms with van der Waals surface area (Å²) >= 11 is 11.8. The number of hydrogen-bond acceptors (Lipinski definition) is 4. The summed E-state index contributed by atoms with van der Waals surface area (Å²) in [5.74, 6) is -0.714. The molecule has 1 amide bonds. The number of ether oxygens (including phenoxy) is 1. The van der Waals surface area contributed by atoms with E-state index in [1.165, 1.54) is 31.3 Å². The Bertz CT molecular complexity index is 1200. The normalized spacial score (nSPS) is 11.1. The van der Waals surface area contributed by atoms with E-state index < -0.39 is 21.7 Å². The van der Waals surface area contributed by atoms with Crippen LogP contribution in [0, 0.1) is 5.82 Å². The van der Waals surface area contributed by atoms with Crippen LogP contribution < -0.4 is 14.8 Å². The highest BCUT2D eigenvalue weighted by atomic mass is 35.5. The predicted octanol–water partition coefficient (Wildman–Crippen LogP) is 5.09. The van der Waals surface area contributed by atoms with E-state index in [9.17, 15) is 17.6 Å². The van der Waals surface area contributed by atoms with Crippen molar-refractivity contribution in [3.8, 4) is 11.5 Å². The minimum atomic E-state index is -4.13. The van der Waals surface area contributed by atoms with E-state index in [4.69, 9.17) is 27.9 Å². The van der Waals surface area contributed by atoms with Gasteiger partial charge >= 0.3 is 0 Å². The van der Waals surface area contributed by atoms with Crippen LogP contribution in [-0.2, 0) is 10.0 Å². The quantitative estimate of drug-likeness (QED) is 0.527. The lowest BCUT2D eigenvalue weighted by Gasteiger charge is -2.13. The molecule has 0 atom stereocenters. The Morgan fingerprint density at radius 2 is 1.67 bits per heavy atom. The molecule has 0 heterocycles. The van der Waals surface area contributed by atoms with Crippen LogP contribution in [0.4, 0.5) is 10.1 Å². The monoisotopic (exact) mass is 468 g/mol. The van der Waals surface area contributed by atoms with Crippen LogP contribution in [0.2, 0.25) is 10.0 Å². The number of anilines is 1. The lowest BCUT2D eigenvalue weighted by Crippen LogP contribution is -2.22. The summed E-state index contributed by atoms with van der Waals surface area (Å²) in [6, 6.07) is 14.2. The SMILES string of the molecule is CNC(=O)c1cc(Cl)c(F)cc1NS(=O)(=O)c1ccc(Oc2ccccc2Cl)cc1. The van der Waals surface area contributed by atoms with E-state index >= 15 is 0 Å². The van der Waals surface area contributed by atoms with Gasteiger partial charge in [0.25, 0.3) is 15.9 Å². The standard InChI is InChI=1S/C20H15Cl2FN2O4S/c1-24-20(26)14-10-16(22)17(23)11-18(14)25-30(27,28)13-8-6-12(7-9-13)29-19-5-3-2-4-15(19)21/h2-11,25H,1H3,(H,24,26). The first-order valence-electron chi connectivity index (χ1n) is 8.47. The van der Waals surface area contributed by atoms with Crippen molar-refractivity contribution in [2.75, 3.05) is 11.8 Å². The van der Waals surface area contributed by atoms with E-state index in [1.54, 1.807) is 24.3 Å². The van der Waals surface area contributed by atoms with E-state index in [2.05, 4.69) is 10.0 Å². The van der Waals surface area contributed by atoms with Crippen LogP contribution in [0.15, 0.2) is 65.6 Å². The first-order valence-corrected chi connectivity index (χ1v) is 10.7. The second-order valence-electron chi connectivity index (χ2n) is 6.00. The molecule has 0 aliphatic heterocycles. The van der Waals surface area contributed by atoms with Gasteiger partial charge in [0.2, 0.25) is 0 Å². The molecule has 0 saturated heterocycles. The molecule has 0 radical (unpaired) electrons. The highest BCUT2D eigenvalue weighted by Gasteiger charge is 2.21. The molecule has 0 fully saturated rings. The van der Waals surface area contributed by atoms with Crippen molar-refractivity contribution >= 4 is 44.8 Å². The number of carbonyl (C=O) groups is 1. The fourth-order valence-corrected chi connectivity index (χ4v) is 3.91. The van der Waals surface area contributed by atoms with E-state index in [0.29, 0.717) is 16.5 Å². The van der Waals surface area contributed by atoms with Crippen LogP contribution >= 0.6 is 23.2 Å². The Hall–Kier alpha value is -2.81. The minimum absolute atomic E-state index is 0.118. The molecule has 3 aromatic carbocycles. The summed E-state index contributed by atoms with van der Waals surface area (Å²) in [7, 11) is -2.77. The third-order valence-corrected chi connectivity index (χ3v) is 5.96. The molecule has 0 aliphatic rings. The summed E-state index contributed by atoms with van der Waals surface area (Å²) in [6.45, 7) is 0. The van der Waals surface area contributed by atoms with Gasteiger partial charge in [-0.2, -0.15) is 0 Å². The number of benzene rings is 3. The molecule has 0 saturated carbocycles. The third kappa shape index (κ3) is 4.84. The summed E-state index contributed by atoms with van der Waals surface area (Å²) in [4.78, 5) is 11.9. The van der Waals surface area contributed by atoms with Crippen LogP contribution in [-0.4, -0.2) is 21.4 Å². The number of nitrogens with one attached hydrogen (secondary N) is 2. The lowest BCUT2D eigenvalue weighted by molar-refractivity contribution is 0.0964. The molecule has 2 N–H and O–H groups in total. The van der Waals surface area contributed by atoms with Gasteiger partial charge in [-0.25, -0.2) is 12.8 Å². The third-order valence-electron chi connectivity index (χ3n) is 3.97. The maximum absolute atomic E-state index is 13.9. The molecule has 30 heavy (non-hydrogen) atoms. The average Bonchev–Trinajstić information content (AvgIpc) is 2.72. The number of rotatable bonds is 6. The topological polar surface area (TPSA) is 84.5 Å². The summed E-state index contributed by atoms with van der Waals surface area (Å²) in [5.41, 5.74) is -0.362. The van der Waals surface area contributed by atoms with Crippen LogP contribution in [0.5, 0.6) is 11.5 Å². The number of hydrogen-bond donors (Lipinski definition) is 2. The molecular formula is C20H15Cl2FN2O4S. The van der Waals surface area contributed by atoms with Crippen molar-refractivity contribution in [3.05, 3.63) is 82.1 Å². The molecular weight excluding hydrogens is 454 g/mol. The maximum Gasteiger partial charge on any atom is 0.261 e. The van der Waals surface area contributed by atoms with E-state index in [1.807, 2.05) is 0 Å². The largest absolute Gasteiger partial charge is 0.456 e. The molecule has 10 heteroatoms. The van der Waals surface area contributed by atoms with E-state index in [0.717, 1.165) is 12.1 Å². The zero-order valence-corrected chi connectivity index (χ0v) is 17.8. The molecule has 0 spiro atoms. The summed E-state index contributed by atoms with van der Waals surface area (Å²) in [5, 5.41) is 2.44. The van der Waals surface area contributed by atoms with Gasteiger partial charge in [-0.05, 0) is 42.5 Å². The number of carbonyl (C=O) groups excluding carboxylic acids is 1. The van der Waals surface area contributed by atoms with Crippen molar-refractivity contribution in [2.24, 2.45) is 0 Å². The van der Waals surface area contributed by atoms with Gasteiger partial charge in [-0.15, -0.1) is 0 Å². The molecule has 0 unspecified atom stereocenters. The number of sulfonamides is 1. The van der Waals surface area contributed by atoms with Gasteiger partial charge in [0.05, 0.1) is 26.2 Å². The fourth-order valence-electron chi connectivity index (χ4n) is 2.50. The Morgan fingerprint density at radius 1 is 1.00 bits per heavy atom. The fraction of sp³-hybridized carbons (Fsp3) is 0.0500. The van der Waals surface area contributed by atoms with Crippen molar-refractivity contribution in [3.63, 3.8) is 0 Å². The Kier molecular flexibility index (Phi) is 6.50. The molecule has 3 rings (SSSR count). The highest BCUT2D eigenvalue weighted by Crippen LogP contribution is 2.30. The summed E-state index contributed by atoms with van der Waals surface area (Å²) in [6.07, 6.45) is 0. The molecule has 3 aromatic rings. The van der Waals surface area contributed by atoms with Crippen molar-refractivity contribution in [1.29, 1.82) is 0 Å². The molecule has 156 valence electrons. The smallest absolute Gasteiger partial charge is 0.261 e. The minimum Gasteiger partial charge on any atom is -0.456 e. The van der Waals surface area contributed by atoms with Crippen LogP contribution in [0.1, 0.15) is 10.4 Å². The second kappa shape index (κ2) is 8.91. The van der Waals surface area contributed by atoms with Gasteiger partial charge < -0.3 is 10.1 Å². The Labute approximate surface area is 182 Å². The van der Waals surface area contributed by atoms with Gasteiger partial charge in [-0.3, -0.25) is 9.52 Å². The first kappa shape index (κ1) is 21.9. The zero-order valence-electron chi connectivity index (χ0n) is 15.4. The Morgan fingerprint density at radius 3 is 2.30 bits per heavy atom. The van der Waals surface area contributed by atoms with Gasteiger partial charge in [0.15, 0.2) is 0 Å². The van der Waals surface area contributed by atoms with Crippen molar-refractivity contribution in [2.45, 2.75) is 4.90 Å². The van der Waals surface area contributed by atoms with Gasteiger partial charge in [-0.1, -0.05) is 35.3 Å². The molecule has 0 aliphatic carbocycles. The van der Waals surface area contributed by atoms with Gasteiger partial charge in [0.1, 0.15) is 17.3 Å². The van der Waals surface area contributed by atoms with Crippen molar-refractivity contribution in [1.82, 2.24) is 5.32 Å². The first-order chi connectivity index (χ1) is 14.2. The zero-order chi connectivity index (χ0) is 21.9. The lowest BCUT2D eigenvalue weighted by atomic mass is 10.1. The van der Waals surface area contributed by atoms with E-state index in [-0.39, 0.29) is 21.2 Å². The average molecular weight is 469 g/mol. The molecule has 6 nitrogen and oxygen atoms in total. The number of halogens is 3. The van der Waals surface area contributed by atoms with Crippen molar-refractivity contribution < 1.29 is 22.3 Å². The van der Waals surface area contributed by atoms with Gasteiger partial charge in [0, 0.05) is 13.1 Å². The molecule has 0 bridgehead atoms.